The van der Waals surface area contributed by atoms with Gasteiger partial charge in [0.05, 0.1) is 17.2 Å². The molecule has 0 aromatic heterocycles. The molecule has 7 heteroatoms. The van der Waals surface area contributed by atoms with Gasteiger partial charge in [0, 0.05) is 0 Å². The molecule has 1 fully saturated rings. The molecule has 0 N–H and O–H groups in total. The Kier molecular flexibility index (Phi) is 8.76. The number of carbonyl (C=O) groups is 2. The second-order valence-electron chi connectivity index (χ2n) is 8.46. The van der Waals surface area contributed by atoms with Gasteiger partial charge in [0.1, 0.15) is 11.9 Å². The smallest absolute Gasteiger partial charge is 0.494 e. The van der Waals surface area contributed by atoms with Crippen LogP contribution in [0.25, 0.3) is 0 Å². The molecule has 0 aliphatic heterocycles. The van der Waals surface area contributed by atoms with E-state index in [2.05, 4.69) is 42.5 Å². The lowest BCUT2D eigenvalue weighted by molar-refractivity contribution is -0.453. The Morgan fingerprint density at radius 3 is 2.24 bits per heavy atom. The number of hydrogen-bond acceptors (Lipinski definition) is 7. The molecular weight excluding hydrogens is 376 g/mol. The van der Waals surface area contributed by atoms with E-state index < -0.39 is 12.1 Å². The van der Waals surface area contributed by atoms with Crippen LogP contribution in [0, 0.1) is 11.3 Å². The Morgan fingerprint density at radius 2 is 1.66 bits per heavy atom. The molecule has 1 aromatic carbocycles. The largest absolute Gasteiger partial charge is 0.543 e. The third-order valence-corrected chi connectivity index (χ3v) is 5.23. The van der Waals surface area contributed by atoms with E-state index in [0.29, 0.717) is 18.3 Å². The fourth-order valence-electron chi connectivity index (χ4n) is 3.35. The van der Waals surface area contributed by atoms with Crippen molar-refractivity contribution >= 4 is 12.1 Å². The third-order valence-electron chi connectivity index (χ3n) is 5.23. The average molecular weight is 408 g/mol. The molecule has 0 saturated heterocycles. The number of benzene rings is 1. The Labute approximate surface area is 172 Å². The highest BCUT2D eigenvalue weighted by molar-refractivity contribution is 5.89. The van der Waals surface area contributed by atoms with E-state index in [0.717, 1.165) is 38.5 Å². The summed E-state index contributed by atoms with van der Waals surface area (Å²) in [6.07, 6.45) is 4.33. The molecule has 0 heterocycles. The second kappa shape index (κ2) is 11.0. The molecule has 1 aliphatic carbocycles. The van der Waals surface area contributed by atoms with Gasteiger partial charge in [-0.25, -0.2) is 14.5 Å². The van der Waals surface area contributed by atoms with Crippen molar-refractivity contribution in [2.75, 3.05) is 6.61 Å². The monoisotopic (exact) mass is 408 g/mol. The molecule has 0 amide bonds. The molecule has 0 unspecified atom stereocenters. The van der Waals surface area contributed by atoms with Gasteiger partial charge < -0.3 is 9.47 Å². The predicted octanol–water partition coefficient (Wildman–Crippen LogP) is 5.63. The first-order valence-corrected chi connectivity index (χ1v) is 10.3. The van der Waals surface area contributed by atoms with Crippen LogP contribution in [-0.2, 0) is 19.6 Å². The van der Waals surface area contributed by atoms with Crippen LogP contribution in [0.5, 0.6) is 5.75 Å². The summed E-state index contributed by atoms with van der Waals surface area (Å²) in [5.41, 5.74) is 0.494. The first kappa shape index (κ1) is 23.0. The minimum absolute atomic E-state index is 0.208. The fraction of sp³-hybridized carbons (Fsp3) is 0.636. The number of hydrogen-bond donors (Lipinski definition) is 0. The summed E-state index contributed by atoms with van der Waals surface area (Å²) in [6, 6.07) is 6.41. The maximum absolute atomic E-state index is 11.9. The zero-order valence-electron chi connectivity index (χ0n) is 17.8. The van der Waals surface area contributed by atoms with E-state index in [4.69, 9.17) is 9.47 Å². The maximum atomic E-state index is 11.9. The van der Waals surface area contributed by atoms with Gasteiger partial charge in [0.15, 0.2) is 0 Å². The maximum Gasteiger partial charge on any atom is 0.543 e. The van der Waals surface area contributed by atoms with E-state index in [1.54, 1.807) is 24.3 Å². The number of ether oxygens (including phenoxy) is 2. The lowest BCUT2D eigenvalue weighted by Gasteiger charge is -2.36. The highest BCUT2D eigenvalue weighted by atomic mass is 17.5. The van der Waals surface area contributed by atoms with Gasteiger partial charge in [0.25, 0.3) is 0 Å². The standard InChI is InChI=1S/C22H32O7/c1-5-6-15-25-18-11-7-16(8-12-18)20(23)27-29-28-21(24)26-19-13-9-17(10-14-19)22(2,3)4/h7-8,11-12,17,19H,5-6,9-10,13-15H2,1-4H3. The van der Waals surface area contributed by atoms with E-state index in [9.17, 15) is 9.59 Å². The van der Waals surface area contributed by atoms with Crippen molar-refractivity contribution in [3.05, 3.63) is 29.8 Å². The van der Waals surface area contributed by atoms with Crippen LogP contribution >= 0.6 is 0 Å². The number of rotatable bonds is 8. The zero-order chi connectivity index (χ0) is 21.3. The van der Waals surface area contributed by atoms with Gasteiger partial charge in [-0.05, 0) is 67.7 Å². The SMILES string of the molecule is CCCCOc1ccc(C(=O)OOOC(=O)OC2CCC(C(C)(C)C)CC2)cc1. The molecular formula is C22H32O7. The van der Waals surface area contributed by atoms with Crippen molar-refractivity contribution in [1.29, 1.82) is 0 Å². The summed E-state index contributed by atoms with van der Waals surface area (Å²) >= 11 is 0. The molecule has 1 aromatic rings. The Morgan fingerprint density at radius 1 is 1.00 bits per heavy atom. The minimum Gasteiger partial charge on any atom is -0.494 e. The lowest BCUT2D eigenvalue weighted by Crippen LogP contribution is -2.30. The van der Waals surface area contributed by atoms with Crippen molar-refractivity contribution < 1.29 is 33.9 Å². The Bertz CT molecular complexity index is 640. The van der Waals surface area contributed by atoms with Gasteiger partial charge >= 0.3 is 12.1 Å². The highest BCUT2D eigenvalue weighted by Gasteiger charge is 2.31. The van der Waals surface area contributed by atoms with Crippen molar-refractivity contribution in [1.82, 2.24) is 0 Å². The van der Waals surface area contributed by atoms with Crippen LogP contribution in [-0.4, -0.2) is 24.8 Å². The molecule has 7 nitrogen and oxygen atoms in total. The first-order chi connectivity index (χ1) is 13.8. The molecule has 0 radical (unpaired) electrons. The zero-order valence-corrected chi connectivity index (χ0v) is 17.8. The molecule has 2 rings (SSSR count). The fourth-order valence-corrected chi connectivity index (χ4v) is 3.35. The van der Waals surface area contributed by atoms with Crippen LogP contribution in [0.4, 0.5) is 4.79 Å². The van der Waals surface area contributed by atoms with Gasteiger partial charge in [-0.3, -0.25) is 4.89 Å². The minimum atomic E-state index is -1.02. The van der Waals surface area contributed by atoms with Gasteiger partial charge in [-0.2, -0.15) is 0 Å². The summed E-state index contributed by atoms with van der Waals surface area (Å²) in [5, 5.41) is 4.28. The molecule has 0 spiro atoms. The normalized spacial score (nSPS) is 19.3. The topological polar surface area (TPSA) is 80.3 Å². The third kappa shape index (κ3) is 7.93. The molecule has 1 aliphatic rings. The van der Waals surface area contributed by atoms with Crippen LogP contribution < -0.4 is 4.74 Å². The summed E-state index contributed by atoms with van der Waals surface area (Å²) < 4.78 is 10.7. The Balaban J connectivity index is 1.65. The quantitative estimate of drug-likeness (QED) is 0.239. The highest BCUT2D eigenvalue weighted by Crippen LogP contribution is 2.38. The van der Waals surface area contributed by atoms with Gasteiger partial charge in [0.2, 0.25) is 0 Å². The van der Waals surface area contributed by atoms with Crippen LogP contribution in [0.2, 0.25) is 0 Å². The Hall–Kier alpha value is -2.28. The van der Waals surface area contributed by atoms with Crippen molar-refractivity contribution in [3.8, 4) is 5.75 Å². The average Bonchev–Trinajstić information content (AvgIpc) is 2.68. The lowest BCUT2D eigenvalue weighted by atomic mass is 9.72. The summed E-state index contributed by atoms with van der Waals surface area (Å²) in [4.78, 5) is 32.5. The van der Waals surface area contributed by atoms with E-state index in [-0.39, 0.29) is 17.1 Å². The molecule has 0 bridgehead atoms. The van der Waals surface area contributed by atoms with Crippen molar-refractivity contribution in [2.45, 2.75) is 72.3 Å². The van der Waals surface area contributed by atoms with E-state index in [1.165, 1.54) is 0 Å². The van der Waals surface area contributed by atoms with Crippen LogP contribution in [0.1, 0.15) is 76.6 Å². The van der Waals surface area contributed by atoms with E-state index >= 15 is 0 Å². The number of carbonyl (C=O) groups excluding carboxylic acids is 2. The van der Waals surface area contributed by atoms with Crippen LogP contribution in [0.3, 0.4) is 0 Å². The number of unbranched alkanes of at least 4 members (excludes halogenated alkanes) is 1. The molecule has 29 heavy (non-hydrogen) atoms. The van der Waals surface area contributed by atoms with Gasteiger partial charge in [-0.15, -0.1) is 0 Å². The predicted molar refractivity (Wildman–Crippen MR) is 106 cm³/mol. The van der Waals surface area contributed by atoms with Crippen molar-refractivity contribution in [2.24, 2.45) is 11.3 Å². The van der Waals surface area contributed by atoms with Crippen molar-refractivity contribution in [3.63, 3.8) is 0 Å². The van der Waals surface area contributed by atoms with E-state index in [1.807, 2.05) is 0 Å². The summed E-state index contributed by atoms with van der Waals surface area (Å²) in [7, 11) is 0. The second-order valence-corrected chi connectivity index (χ2v) is 8.46. The first-order valence-electron chi connectivity index (χ1n) is 10.3. The molecule has 1 saturated carbocycles. The van der Waals surface area contributed by atoms with Crippen LogP contribution in [0.15, 0.2) is 24.3 Å². The summed E-state index contributed by atoms with van der Waals surface area (Å²) in [6.45, 7) is 9.38. The molecule has 0 atom stereocenters. The molecule has 162 valence electrons. The summed E-state index contributed by atoms with van der Waals surface area (Å²) in [5.74, 6) is 0.486. The van der Waals surface area contributed by atoms with Gasteiger partial charge in [-0.1, -0.05) is 34.1 Å².